The highest BCUT2D eigenvalue weighted by atomic mass is 16.3. The molecule has 1 aliphatic rings. The fourth-order valence-corrected chi connectivity index (χ4v) is 2.12. The van der Waals surface area contributed by atoms with Crippen molar-refractivity contribution < 1.29 is 9.90 Å². The second kappa shape index (κ2) is 5.08. The van der Waals surface area contributed by atoms with Crippen LogP contribution in [0.5, 0.6) is 0 Å². The van der Waals surface area contributed by atoms with Crippen molar-refractivity contribution in [2.75, 3.05) is 19.6 Å². The van der Waals surface area contributed by atoms with E-state index in [1.54, 1.807) is 6.92 Å². The summed E-state index contributed by atoms with van der Waals surface area (Å²) in [5.74, 6) is 0.474. The molecule has 0 spiro atoms. The second-order valence-corrected chi connectivity index (χ2v) is 5.04. The van der Waals surface area contributed by atoms with Gasteiger partial charge in [-0.05, 0) is 39.7 Å². The smallest absolute Gasteiger partial charge is 0.134 e. The molecule has 88 valence electrons. The average molecular weight is 213 g/mol. The van der Waals surface area contributed by atoms with Gasteiger partial charge in [0.05, 0.1) is 5.60 Å². The number of carbonyl (C=O) groups excluding carboxylic acids is 1. The number of β-amino-alcohol motifs (C(OH)–C–C–N with tert-alkyl or cyclic N) is 1. The molecule has 2 unspecified atom stereocenters. The molecule has 1 heterocycles. The van der Waals surface area contributed by atoms with Crippen LogP contribution >= 0.6 is 0 Å². The first-order valence-electron chi connectivity index (χ1n) is 5.90. The molecule has 1 saturated heterocycles. The van der Waals surface area contributed by atoms with Crippen molar-refractivity contribution in [3.8, 4) is 0 Å². The van der Waals surface area contributed by atoms with Gasteiger partial charge in [-0.3, -0.25) is 9.69 Å². The first-order valence-corrected chi connectivity index (χ1v) is 5.90. The Hall–Kier alpha value is -0.410. The third-order valence-electron chi connectivity index (χ3n) is 3.41. The van der Waals surface area contributed by atoms with E-state index in [1.807, 2.05) is 13.8 Å². The Morgan fingerprint density at radius 3 is 2.80 bits per heavy atom. The second-order valence-electron chi connectivity index (χ2n) is 5.04. The molecule has 0 bridgehead atoms. The third kappa shape index (κ3) is 3.92. The summed E-state index contributed by atoms with van der Waals surface area (Å²) in [6, 6.07) is 0. The molecule has 15 heavy (non-hydrogen) atoms. The van der Waals surface area contributed by atoms with Crippen LogP contribution in [0.4, 0.5) is 0 Å². The molecular formula is C12H23NO2. The Morgan fingerprint density at radius 1 is 1.60 bits per heavy atom. The van der Waals surface area contributed by atoms with Gasteiger partial charge in [0, 0.05) is 19.0 Å². The van der Waals surface area contributed by atoms with E-state index in [4.69, 9.17) is 0 Å². The van der Waals surface area contributed by atoms with Crippen LogP contribution in [0.2, 0.25) is 0 Å². The molecule has 3 nitrogen and oxygen atoms in total. The molecule has 0 saturated carbocycles. The number of hydrogen-bond acceptors (Lipinski definition) is 3. The van der Waals surface area contributed by atoms with Crippen LogP contribution in [0.1, 0.15) is 40.0 Å². The first-order chi connectivity index (χ1) is 6.94. The highest BCUT2D eigenvalue weighted by Gasteiger charge is 2.27. The highest BCUT2D eigenvalue weighted by molar-refractivity contribution is 5.78. The number of ketones is 1. The van der Waals surface area contributed by atoms with E-state index in [9.17, 15) is 9.90 Å². The van der Waals surface area contributed by atoms with Crippen LogP contribution in [0.25, 0.3) is 0 Å². The maximum atomic E-state index is 11.3. The zero-order chi connectivity index (χ0) is 11.5. The molecule has 0 amide bonds. The Morgan fingerprint density at radius 2 is 2.27 bits per heavy atom. The van der Waals surface area contributed by atoms with Crippen molar-refractivity contribution in [1.29, 1.82) is 0 Å². The fraction of sp³-hybridized carbons (Fsp3) is 0.917. The van der Waals surface area contributed by atoms with Crippen molar-refractivity contribution in [3.63, 3.8) is 0 Å². The van der Waals surface area contributed by atoms with Gasteiger partial charge in [0.2, 0.25) is 0 Å². The number of nitrogens with zero attached hydrogens (tertiary/aromatic N) is 1. The number of hydrogen-bond donors (Lipinski definition) is 1. The van der Waals surface area contributed by atoms with Crippen molar-refractivity contribution >= 4 is 5.78 Å². The summed E-state index contributed by atoms with van der Waals surface area (Å²) in [5.41, 5.74) is -0.612. The summed E-state index contributed by atoms with van der Waals surface area (Å²) >= 11 is 0. The van der Waals surface area contributed by atoms with Gasteiger partial charge in [-0.15, -0.1) is 0 Å². The summed E-state index contributed by atoms with van der Waals surface area (Å²) in [4.78, 5) is 13.5. The van der Waals surface area contributed by atoms with Gasteiger partial charge >= 0.3 is 0 Å². The van der Waals surface area contributed by atoms with Crippen LogP contribution in [-0.2, 0) is 4.79 Å². The molecule has 3 heteroatoms. The molecule has 1 N–H and O–H groups in total. The van der Waals surface area contributed by atoms with Crippen molar-refractivity contribution in [2.45, 2.75) is 45.6 Å². The number of rotatable bonds is 4. The molecule has 2 atom stereocenters. The third-order valence-corrected chi connectivity index (χ3v) is 3.41. The van der Waals surface area contributed by atoms with E-state index in [-0.39, 0.29) is 11.7 Å². The van der Waals surface area contributed by atoms with Crippen LogP contribution in [0.15, 0.2) is 0 Å². The zero-order valence-corrected chi connectivity index (χ0v) is 10.1. The molecule has 1 rings (SSSR count). The number of aliphatic hydroxyl groups is 1. The molecular weight excluding hydrogens is 190 g/mol. The minimum atomic E-state index is -0.612. The first kappa shape index (κ1) is 12.7. The molecule has 0 aliphatic carbocycles. The minimum Gasteiger partial charge on any atom is -0.389 e. The Bertz CT molecular complexity index is 226. The maximum absolute atomic E-state index is 11.3. The minimum absolute atomic E-state index is 0.186. The van der Waals surface area contributed by atoms with E-state index in [2.05, 4.69) is 4.90 Å². The quantitative estimate of drug-likeness (QED) is 0.768. The highest BCUT2D eigenvalue weighted by Crippen LogP contribution is 2.20. The van der Waals surface area contributed by atoms with E-state index in [0.717, 1.165) is 32.4 Å². The van der Waals surface area contributed by atoms with Crippen LogP contribution in [-0.4, -0.2) is 41.0 Å². The lowest BCUT2D eigenvalue weighted by Crippen LogP contribution is -2.46. The van der Waals surface area contributed by atoms with Crippen molar-refractivity contribution in [3.05, 3.63) is 0 Å². The van der Waals surface area contributed by atoms with Gasteiger partial charge in [-0.25, -0.2) is 0 Å². The van der Waals surface area contributed by atoms with E-state index < -0.39 is 5.60 Å². The largest absolute Gasteiger partial charge is 0.389 e. The molecule has 1 fully saturated rings. The molecule has 0 radical (unpaired) electrons. The zero-order valence-electron chi connectivity index (χ0n) is 10.1. The van der Waals surface area contributed by atoms with Crippen LogP contribution < -0.4 is 0 Å². The predicted molar refractivity (Wildman–Crippen MR) is 60.8 cm³/mol. The van der Waals surface area contributed by atoms with E-state index >= 15 is 0 Å². The molecule has 0 aromatic rings. The monoisotopic (exact) mass is 213 g/mol. The lowest BCUT2D eigenvalue weighted by Gasteiger charge is -2.36. The van der Waals surface area contributed by atoms with Crippen LogP contribution in [0, 0.1) is 5.92 Å². The van der Waals surface area contributed by atoms with E-state index in [0.29, 0.717) is 6.54 Å². The maximum Gasteiger partial charge on any atom is 0.134 e. The Balaban J connectivity index is 2.46. The summed E-state index contributed by atoms with van der Waals surface area (Å²) in [7, 11) is 0. The summed E-state index contributed by atoms with van der Waals surface area (Å²) in [6.45, 7) is 8.06. The lowest BCUT2D eigenvalue weighted by atomic mass is 9.93. The standard InChI is InChI=1S/C12H23NO2/c1-4-12(3,15)9-13-7-5-6-11(8-13)10(2)14/h11,15H,4-9H2,1-3H3. The van der Waals surface area contributed by atoms with Gasteiger partial charge in [-0.2, -0.15) is 0 Å². The number of Topliss-reactive ketones (excluding diaryl/α,β-unsaturated/α-hetero) is 1. The number of likely N-dealkylation sites (tertiary alicyclic amines) is 1. The van der Waals surface area contributed by atoms with Gasteiger partial charge in [-0.1, -0.05) is 6.92 Å². The van der Waals surface area contributed by atoms with Crippen molar-refractivity contribution in [1.82, 2.24) is 4.90 Å². The van der Waals surface area contributed by atoms with Gasteiger partial charge in [0.15, 0.2) is 0 Å². The molecule has 1 aliphatic heterocycles. The Labute approximate surface area is 92.5 Å². The number of carbonyl (C=O) groups is 1. The van der Waals surface area contributed by atoms with Gasteiger partial charge in [0.25, 0.3) is 0 Å². The normalized spacial score (nSPS) is 27.3. The summed E-state index contributed by atoms with van der Waals surface area (Å²) < 4.78 is 0. The van der Waals surface area contributed by atoms with Gasteiger partial charge in [0.1, 0.15) is 5.78 Å². The molecule has 0 aromatic heterocycles. The van der Waals surface area contributed by atoms with Crippen LogP contribution in [0.3, 0.4) is 0 Å². The lowest BCUT2D eigenvalue weighted by molar-refractivity contribution is -0.122. The molecule has 0 aromatic carbocycles. The average Bonchev–Trinajstić information content (AvgIpc) is 2.17. The predicted octanol–water partition coefficient (Wildman–Crippen LogP) is 1.45. The summed E-state index contributed by atoms with van der Waals surface area (Å²) in [6.07, 6.45) is 2.85. The SMILES string of the molecule is CCC(C)(O)CN1CCCC(C(C)=O)C1. The van der Waals surface area contributed by atoms with E-state index in [1.165, 1.54) is 0 Å². The Kier molecular flexibility index (Phi) is 4.29. The van der Waals surface area contributed by atoms with Gasteiger partial charge < -0.3 is 5.11 Å². The fourth-order valence-electron chi connectivity index (χ4n) is 2.12. The summed E-state index contributed by atoms with van der Waals surface area (Å²) in [5, 5.41) is 9.97. The number of piperidine rings is 1. The topological polar surface area (TPSA) is 40.5 Å². The van der Waals surface area contributed by atoms with Crippen molar-refractivity contribution in [2.24, 2.45) is 5.92 Å².